The lowest BCUT2D eigenvalue weighted by Gasteiger charge is -2.11. The lowest BCUT2D eigenvalue weighted by Crippen LogP contribution is -2.11. The number of rotatable bonds is 7. The highest BCUT2D eigenvalue weighted by Gasteiger charge is 2.27. The molecular formula is C27H25N3O3S. The molecule has 0 atom stereocenters. The van der Waals surface area contributed by atoms with Gasteiger partial charge in [0.2, 0.25) is 5.82 Å². The Labute approximate surface area is 202 Å². The van der Waals surface area contributed by atoms with Gasteiger partial charge in [-0.05, 0) is 62.4 Å². The summed E-state index contributed by atoms with van der Waals surface area (Å²) in [4.78, 5) is 19.0. The van der Waals surface area contributed by atoms with Crippen LogP contribution in [-0.2, 0) is 12.8 Å². The monoisotopic (exact) mass is 471 g/mol. The molecular weight excluding hydrogens is 446 g/mol. The van der Waals surface area contributed by atoms with E-state index in [0.717, 1.165) is 41.8 Å². The lowest BCUT2D eigenvalue weighted by molar-refractivity contribution is 0.102. The van der Waals surface area contributed by atoms with Gasteiger partial charge >= 0.3 is 0 Å². The van der Waals surface area contributed by atoms with Gasteiger partial charge in [-0.25, -0.2) is 0 Å². The zero-order valence-electron chi connectivity index (χ0n) is 19.0. The summed E-state index contributed by atoms with van der Waals surface area (Å²) in [5.41, 5.74) is 4.68. The predicted molar refractivity (Wildman–Crippen MR) is 135 cm³/mol. The van der Waals surface area contributed by atoms with Gasteiger partial charge in [0.05, 0.1) is 5.56 Å². The van der Waals surface area contributed by atoms with E-state index in [1.165, 1.54) is 16.0 Å². The van der Waals surface area contributed by atoms with Gasteiger partial charge in [0.25, 0.3) is 11.8 Å². The van der Waals surface area contributed by atoms with E-state index >= 15 is 0 Å². The van der Waals surface area contributed by atoms with Crippen LogP contribution < -0.4 is 10.1 Å². The van der Waals surface area contributed by atoms with Crippen molar-refractivity contribution >= 4 is 22.2 Å². The number of hydrogen-bond donors (Lipinski definition) is 1. The van der Waals surface area contributed by atoms with E-state index in [2.05, 4.69) is 17.1 Å². The molecule has 5 rings (SSSR count). The number of aromatic nitrogens is 2. The summed E-state index contributed by atoms with van der Waals surface area (Å²) < 4.78 is 11.2. The summed E-state index contributed by atoms with van der Waals surface area (Å²) in [6, 6.07) is 15.1. The van der Waals surface area contributed by atoms with Crippen molar-refractivity contribution in [1.82, 2.24) is 10.1 Å². The smallest absolute Gasteiger partial charge is 0.261 e. The van der Waals surface area contributed by atoms with Crippen LogP contribution in [0.1, 0.15) is 39.2 Å². The average Bonchev–Trinajstić information content (AvgIpc) is 3.48. The number of aryl methyl sites for hydroxylation is 2. The van der Waals surface area contributed by atoms with Crippen LogP contribution in [0.25, 0.3) is 22.8 Å². The largest absolute Gasteiger partial charge is 0.490 e. The molecule has 0 unspecified atom stereocenters. The van der Waals surface area contributed by atoms with Crippen molar-refractivity contribution in [3.63, 3.8) is 0 Å². The molecule has 6 nitrogen and oxygen atoms in total. The van der Waals surface area contributed by atoms with Gasteiger partial charge in [-0.15, -0.1) is 11.3 Å². The Bertz CT molecular complexity index is 1320. The van der Waals surface area contributed by atoms with Crippen LogP contribution in [0.4, 0.5) is 5.00 Å². The topological polar surface area (TPSA) is 77.2 Å². The Morgan fingerprint density at radius 2 is 1.91 bits per heavy atom. The first-order valence-corrected chi connectivity index (χ1v) is 12.1. The molecule has 172 valence electrons. The first-order chi connectivity index (χ1) is 16.6. The molecule has 0 aliphatic heterocycles. The number of benzene rings is 2. The number of carbonyl (C=O) groups excluding carboxylic acids is 1. The highest BCUT2D eigenvalue weighted by molar-refractivity contribution is 7.17. The molecule has 2 heterocycles. The Balaban J connectivity index is 1.45. The van der Waals surface area contributed by atoms with Crippen LogP contribution in [-0.4, -0.2) is 22.7 Å². The number of thiophene rings is 1. The van der Waals surface area contributed by atoms with Crippen molar-refractivity contribution in [1.29, 1.82) is 0 Å². The molecule has 2 aromatic carbocycles. The predicted octanol–water partition coefficient (Wildman–Crippen LogP) is 6.47. The second-order valence-electron chi connectivity index (χ2n) is 8.28. The zero-order valence-corrected chi connectivity index (χ0v) is 19.8. The van der Waals surface area contributed by atoms with Crippen LogP contribution in [0.15, 0.2) is 65.7 Å². The highest BCUT2D eigenvalue weighted by atomic mass is 32.1. The van der Waals surface area contributed by atoms with Gasteiger partial charge in [-0.1, -0.05) is 47.6 Å². The molecule has 0 bridgehead atoms. The first kappa shape index (κ1) is 22.1. The molecule has 0 fully saturated rings. The zero-order chi connectivity index (χ0) is 23.5. The molecule has 2 aromatic heterocycles. The Hall–Kier alpha value is -3.71. The van der Waals surface area contributed by atoms with Crippen molar-refractivity contribution in [3.05, 3.63) is 82.8 Å². The molecule has 1 N–H and O–H groups in total. The van der Waals surface area contributed by atoms with Crippen molar-refractivity contribution < 1.29 is 14.1 Å². The Kier molecular flexibility index (Phi) is 6.27. The molecule has 7 heteroatoms. The standard InChI is InChI=1S/C27H25N3O3S/c1-3-16-32-20-14-12-19(13-15-20)25(31)29-27-23(21-6-4-5-7-22(21)34-27)26-28-24(30-33-26)18-10-8-17(2)9-11-18/h3,8-15H,1,4-7,16H2,2H3,(H,29,31). The number of ether oxygens (including phenoxy) is 1. The van der Waals surface area contributed by atoms with E-state index in [9.17, 15) is 4.79 Å². The van der Waals surface area contributed by atoms with Crippen molar-refractivity contribution in [2.45, 2.75) is 32.6 Å². The molecule has 0 radical (unpaired) electrons. The minimum Gasteiger partial charge on any atom is -0.490 e. The van der Waals surface area contributed by atoms with Crippen LogP contribution >= 0.6 is 11.3 Å². The summed E-state index contributed by atoms with van der Waals surface area (Å²) in [7, 11) is 0. The first-order valence-electron chi connectivity index (χ1n) is 11.3. The van der Waals surface area contributed by atoms with Crippen LogP contribution in [0, 0.1) is 6.92 Å². The van der Waals surface area contributed by atoms with Gasteiger partial charge in [0.15, 0.2) is 0 Å². The quantitative estimate of drug-likeness (QED) is 0.313. The number of anilines is 1. The van der Waals surface area contributed by atoms with E-state index < -0.39 is 0 Å². The van der Waals surface area contributed by atoms with E-state index in [1.807, 2.05) is 31.2 Å². The molecule has 4 aromatic rings. The van der Waals surface area contributed by atoms with Gasteiger partial charge in [0.1, 0.15) is 17.4 Å². The number of fused-ring (bicyclic) bond motifs is 1. The maximum Gasteiger partial charge on any atom is 0.261 e. The molecule has 1 aliphatic rings. The fourth-order valence-corrected chi connectivity index (χ4v) is 5.33. The average molecular weight is 472 g/mol. The molecule has 0 saturated heterocycles. The van der Waals surface area contributed by atoms with Crippen LogP contribution in [0.2, 0.25) is 0 Å². The van der Waals surface area contributed by atoms with Gasteiger partial charge in [-0.2, -0.15) is 4.98 Å². The molecule has 0 spiro atoms. The fraction of sp³-hybridized carbons (Fsp3) is 0.222. The number of carbonyl (C=O) groups is 1. The van der Waals surface area contributed by atoms with Gasteiger partial charge < -0.3 is 14.6 Å². The van der Waals surface area contributed by atoms with Crippen LogP contribution in [0.5, 0.6) is 5.75 Å². The van der Waals surface area contributed by atoms with E-state index in [1.54, 1.807) is 41.7 Å². The summed E-state index contributed by atoms with van der Waals surface area (Å²) >= 11 is 1.61. The highest BCUT2D eigenvalue weighted by Crippen LogP contribution is 2.44. The van der Waals surface area contributed by atoms with E-state index in [-0.39, 0.29) is 5.91 Å². The summed E-state index contributed by atoms with van der Waals surface area (Å²) in [6.45, 7) is 6.11. The third-order valence-corrected chi connectivity index (χ3v) is 7.04. The summed E-state index contributed by atoms with van der Waals surface area (Å²) in [6.07, 6.45) is 5.87. The van der Waals surface area contributed by atoms with Crippen LogP contribution in [0.3, 0.4) is 0 Å². The SMILES string of the molecule is C=CCOc1ccc(C(=O)Nc2sc3c(c2-c2nc(-c4ccc(C)cc4)no2)CCCC3)cc1. The van der Waals surface area contributed by atoms with Crippen molar-refractivity contribution in [2.75, 3.05) is 11.9 Å². The minimum absolute atomic E-state index is 0.187. The van der Waals surface area contributed by atoms with E-state index in [4.69, 9.17) is 14.2 Å². The maximum atomic E-state index is 13.1. The minimum atomic E-state index is -0.187. The lowest BCUT2D eigenvalue weighted by atomic mass is 9.95. The third kappa shape index (κ3) is 4.52. The number of hydrogen-bond acceptors (Lipinski definition) is 6. The third-order valence-electron chi connectivity index (χ3n) is 5.83. The summed E-state index contributed by atoms with van der Waals surface area (Å²) in [5.74, 6) is 1.49. The number of nitrogens with zero attached hydrogens (tertiary/aromatic N) is 2. The molecule has 1 aliphatic carbocycles. The van der Waals surface area contributed by atoms with Crippen molar-refractivity contribution in [3.8, 4) is 28.6 Å². The molecule has 34 heavy (non-hydrogen) atoms. The van der Waals surface area contributed by atoms with Gasteiger partial charge in [-0.3, -0.25) is 4.79 Å². The number of amides is 1. The number of nitrogens with one attached hydrogen (secondary N) is 1. The molecule has 1 amide bonds. The second-order valence-corrected chi connectivity index (χ2v) is 9.39. The normalized spacial score (nSPS) is 12.7. The second kappa shape index (κ2) is 9.65. The maximum absolute atomic E-state index is 13.1. The van der Waals surface area contributed by atoms with Gasteiger partial charge in [0, 0.05) is 16.0 Å². The van der Waals surface area contributed by atoms with E-state index in [0.29, 0.717) is 29.6 Å². The molecule has 0 saturated carbocycles. The Morgan fingerprint density at radius 1 is 1.15 bits per heavy atom. The fourth-order valence-electron chi connectivity index (χ4n) is 4.06. The Morgan fingerprint density at radius 3 is 2.68 bits per heavy atom. The summed E-state index contributed by atoms with van der Waals surface area (Å²) in [5, 5.41) is 8.07. The van der Waals surface area contributed by atoms with Crippen molar-refractivity contribution in [2.24, 2.45) is 0 Å².